The summed E-state index contributed by atoms with van der Waals surface area (Å²) in [5.74, 6) is -0.760. The SMILES string of the molecule is C[C@@H](C#N)CN1C(=O)N[C@](C)(c2ccc(Cl)cc2)C1=O. The third-order valence-corrected chi connectivity index (χ3v) is 3.63. The van der Waals surface area contributed by atoms with Crippen LogP contribution in [0.15, 0.2) is 24.3 Å². The lowest BCUT2D eigenvalue weighted by Crippen LogP contribution is -2.41. The number of carbonyl (C=O) groups is 2. The summed E-state index contributed by atoms with van der Waals surface area (Å²) in [5, 5.41) is 12.1. The van der Waals surface area contributed by atoms with Crippen molar-refractivity contribution < 1.29 is 9.59 Å². The minimum absolute atomic E-state index is 0.0876. The first-order chi connectivity index (χ1) is 9.38. The predicted molar refractivity (Wildman–Crippen MR) is 73.8 cm³/mol. The van der Waals surface area contributed by atoms with E-state index in [0.717, 1.165) is 4.90 Å². The standard InChI is InChI=1S/C14H14ClN3O2/c1-9(7-16)8-18-12(19)14(2,17-13(18)20)10-3-5-11(15)6-4-10/h3-6,9H,8H2,1-2H3,(H,17,20)/t9-,14+/m0/s1. The van der Waals surface area contributed by atoms with E-state index >= 15 is 0 Å². The van der Waals surface area contributed by atoms with Gasteiger partial charge in [0.2, 0.25) is 0 Å². The van der Waals surface area contributed by atoms with Crippen LogP contribution in [0.2, 0.25) is 5.02 Å². The Balaban J connectivity index is 2.31. The normalized spacial score (nSPS) is 23.4. The molecular weight excluding hydrogens is 278 g/mol. The highest BCUT2D eigenvalue weighted by atomic mass is 35.5. The number of urea groups is 1. The molecule has 0 unspecified atom stereocenters. The molecular formula is C14H14ClN3O2. The summed E-state index contributed by atoms with van der Waals surface area (Å²) >= 11 is 5.83. The molecule has 1 aliphatic heterocycles. The quantitative estimate of drug-likeness (QED) is 0.868. The van der Waals surface area contributed by atoms with Crippen molar-refractivity contribution in [1.29, 1.82) is 5.26 Å². The maximum Gasteiger partial charge on any atom is 0.325 e. The van der Waals surface area contributed by atoms with Gasteiger partial charge in [0.25, 0.3) is 5.91 Å². The van der Waals surface area contributed by atoms with Crippen LogP contribution in [0.3, 0.4) is 0 Å². The van der Waals surface area contributed by atoms with Crippen LogP contribution in [0.25, 0.3) is 0 Å². The Morgan fingerprint density at radius 3 is 2.55 bits per heavy atom. The average molecular weight is 292 g/mol. The molecule has 0 radical (unpaired) electrons. The zero-order valence-corrected chi connectivity index (χ0v) is 11.9. The Morgan fingerprint density at radius 2 is 2.00 bits per heavy atom. The van der Waals surface area contributed by atoms with E-state index in [4.69, 9.17) is 16.9 Å². The fourth-order valence-corrected chi connectivity index (χ4v) is 2.28. The second kappa shape index (κ2) is 5.14. The van der Waals surface area contributed by atoms with E-state index in [0.29, 0.717) is 10.6 Å². The maximum atomic E-state index is 12.5. The number of halogens is 1. The van der Waals surface area contributed by atoms with E-state index in [1.54, 1.807) is 38.1 Å². The minimum atomic E-state index is -1.11. The molecule has 3 amide bonds. The number of nitrogens with zero attached hydrogens (tertiary/aromatic N) is 2. The van der Waals surface area contributed by atoms with Crippen molar-refractivity contribution in [2.24, 2.45) is 5.92 Å². The summed E-state index contributed by atoms with van der Waals surface area (Å²) in [6.07, 6.45) is 0. The van der Waals surface area contributed by atoms with E-state index in [1.807, 2.05) is 6.07 Å². The lowest BCUT2D eigenvalue weighted by atomic mass is 9.92. The van der Waals surface area contributed by atoms with Crippen LogP contribution in [0.4, 0.5) is 4.79 Å². The molecule has 1 aromatic carbocycles. The summed E-state index contributed by atoms with van der Waals surface area (Å²) in [7, 11) is 0. The van der Waals surface area contributed by atoms with Crippen LogP contribution < -0.4 is 5.32 Å². The third kappa shape index (κ3) is 2.35. The molecule has 104 valence electrons. The lowest BCUT2D eigenvalue weighted by molar-refractivity contribution is -0.131. The number of carbonyl (C=O) groups excluding carboxylic acids is 2. The maximum absolute atomic E-state index is 12.5. The molecule has 1 N–H and O–H groups in total. The Hall–Kier alpha value is -2.06. The topological polar surface area (TPSA) is 73.2 Å². The summed E-state index contributed by atoms with van der Waals surface area (Å²) < 4.78 is 0. The first-order valence-corrected chi connectivity index (χ1v) is 6.56. The van der Waals surface area contributed by atoms with Gasteiger partial charge in [-0.1, -0.05) is 23.7 Å². The first kappa shape index (κ1) is 14.4. The van der Waals surface area contributed by atoms with Gasteiger partial charge in [-0.15, -0.1) is 0 Å². The zero-order chi connectivity index (χ0) is 14.9. The largest absolute Gasteiger partial charge is 0.325 e. The Bertz CT molecular complexity index is 593. The van der Waals surface area contributed by atoms with Gasteiger partial charge in [0.05, 0.1) is 12.0 Å². The molecule has 0 aromatic heterocycles. The number of hydrogen-bond donors (Lipinski definition) is 1. The van der Waals surface area contributed by atoms with Crippen LogP contribution in [0.5, 0.6) is 0 Å². The number of hydrogen-bond acceptors (Lipinski definition) is 3. The van der Waals surface area contributed by atoms with Gasteiger partial charge in [-0.2, -0.15) is 5.26 Å². The van der Waals surface area contributed by atoms with Gasteiger partial charge in [0.15, 0.2) is 0 Å². The fraction of sp³-hybridized carbons (Fsp3) is 0.357. The Labute approximate surface area is 122 Å². The van der Waals surface area contributed by atoms with Gasteiger partial charge < -0.3 is 5.32 Å². The van der Waals surface area contributed by atoms with Gasteiger partial charge in [0, 0.05) is 11.6 Å². The molecule has 2 atom stereocenters. The molecule has 1 aromatic rings. The van der Waals surface area contributed by atoms with Crippen molar-refractivity contribution in [2.75, 3.05) is 6.54 Å². The van der Waals surface area contributed by atoms with Gasteiger partial charge in [-0.25, -0.2) is 4.79 Å². The van der Waals surface area contributed by atoms with Gasteiger partial charge >= 0.3 is 6.03 Å². The van der Waals surface area contributed by atoms with E-state index in [-0.39, 0.29) is 12.5 Å². The van der Waals surface area contributed by atoms with Crippen molar-refractivity contribution in [1.82, 2.24) is 10.2 Å². The van der Waals surface area contributed by atoms with Crippen LogP contribution in [-0.4, -0.2) is 23.4 Å². The molecule has 0 saturated carbocycles. The highest BCUT2D eigenvalue weighted by molar-refractivity contribution is 6.30. The van der Waals surface area contributed by atoms with Gasteiger partial charge in [-0.3, -0.25) is 9.69 Å². The molecule has 0 bridgehead atoms. The van der Waals surface area contributed by atoms with E-state index in [2.05, 4.69) is 5.32 Å². The third-order valence-electron chi connectivity index (χ3n) is 3.37. The van der Waals surface area contributed by atoms with E-state index < -0.39 is 17.5 Å². The smallest absolute Gasteiger partial charge is 0.319 e. The van der Waals surface area contributed by atoms with Crippen molar-refractivity contribution in [2.45, 2.75) is 19.4 Å². The van der Waals surface area contributed by atoms with E-state index in [9.17, 15) is 9.59 Å². The van der Waals surface area contributed by atoms with Crippen LogP contribution in [-0.2, 0) is 10.3 Å². The summed E-state index contributed by atoms with van der Waals surface area (Å²) in [5.41, 5.74) is -0.455. The van der Waals surface area contributed by atoms with Crippen LogP contribution in [0.1, 0.15) is 19.4 Å². The molecule has 0 spiro atoms. The number of benzene rings is 1. The summed E-state index contributed by atoms with van der Waals surface area (Å²) in [4.78, 5) is 25.5. The minimum Gasteiger partial charge on any atom is -0.319 e. The molecule has 2 rings (SSSR count). The highest BCUT2D eigenvalue weighted by Gasteiger charge is 2.49. The molecule has 20 heavy (non-hydrogen) atoms. The highest BCUT2D eigenvalue weighted by Crippen LogP contribution is 2.29. The Kier molecular flexibility index (Phi) is 3.69. The molecule has 0 aliphatic carbocycles. The van der Waals surface area contributed by atoms with Crippen molar-refractivity contribution in [3.05, 3.63) is 34.9 Å². The lowest BCUT2D eigenvalue weighted by Gasteiger charge is -2.22. The summed E-state index contributed by atoms with van der Waals surface area (Å²) in [6.45, 7) is 3.40. The van der Waals surface area contributed by atoms with Crippen LogP contribution >= 0.6 is 11.6 Å². The number of nitrogens with one attached hydrogen (secondary N) is 1. The van der Waals surface area contributed by atoms with Crippen molar-refractivity contribution >= 4 is 23.5 Å². The molecule has 1 fully saturated rings. The number of rotatable bonds is 3. The number of imide groups is 1. The molecule has 1 saturated heterocycles. The van der Waals surface area contributed by atoms with Crippen LogP contribution in [0, 0.1) is 17.2 Å². The molecule has 5 nitrogen and oxygen atoms in total. The van der Waals surface area contributed by atoms with Gasteiger partial charge in [0.1, 0.15) is 5.54 Å². The average Bonchev–Trinajstić information content (AvgIpc) is 2.64. The number of amides is 3. The fourth-order valence-electron chi connectivity index (χ4n) is 2.16. The summed E-state index contributed by atoms with van der Waals surface area (Å²) in [6, 6.07) is 8.29. The molecule has 1 heterocycles. The molecule has 6 heteroatoms. The monoisotopic (exact) mass is 291 g/mol. The number of nitriles is 1. The zero-order valence-electron chi connectivity index (χ0n) is 11.2. The molecule has 1 aliphatic rings. The van der Waals surface area contributed by atoms with E-state index in [1.165, 1.54) is 0 Å². The second-order valence-electron chi connectivity index (χ2n) is 5.01. The van der Waals surface area contributed by atoms with Crippen molar-refractivity contribution in [3.8, 4) is 6.07 Å². The Morgan fingerprint density at radius 1 is 1.40 bits per heavy atom. The van der Waals surface area contributed by atoms with Crippen molar-refractivity contribution in [3.63, 3.8) is 0 Å². The first-order valence-electron chi connectivity index (χ1n) is 6.18. The van der Waals surface area contributed by atoms with Gasteiger partial charge in [-0.05, 0) is 31.5 Å². The second-order valence-corrected chi connectivity index (χ2v) is 5.44. The predicted octanol–water partition coefficient (Wildman–Crippen LogP) is 2.27.